The predicted molar refractivity (Wildman–Crippen MR) is 242 cm³/mol. The van der Waals surface area contributed by atoms with Gasteiger partial charge in [0.15, 0.2) is 14.4 Å². The van der Waals surface area contributed by atoms with Crippen molar-refractivity contribution in [3.05, 3.63) is 179 Å². The fourth-order valence-electron chi connectivity index (χ4n) is 7.31. The van der Waals surface area contributed by atoms with Crippen molar-refractivity contribution in [2.75, 3.05) is 13.2 Å². The summed E-state index contributed by atoms with van der Waals surface area (Å²) < 4.78 is 40.2. The summed E-state index contributed by atoms with van der Waals surface area (Å²) in [5.74, 6) is -1.08. The van der Waals surface area contributed by atoms with Gasteiger partial charge in [0, 0.05) is 6.42 Å². The molecule has 1 amide bonds. The molecule has 0 fully saturated rings. The molecule has 5 rings (SSSR count). The number of carbonyl (C=O) groups excluding carboxylic acids is 2. The molecular weight excluding hydrogens is 783 g/mol. The van der Waals surface area contributed by atoms with E-state index in [1.165, 1.54) is 0 Å². The van der Waals surface area contributed by atoms with Crippen LogP contribution in [-0.2, 0) is 70.5 Å². The van der Waals surface area contributed by atoms with Crippen molar-refractivity contribution in [3.8, 4) is 0 Å². The number of hydrogen-bond donors (Lipinski definition) is 1. The van der Waals surface area contributed by atoms with Gasteiger partial charge >= 0.3 is 5.97 Å². The summed E-state index contributed by atoms with van der Waals surface area (Å²) in [5, 5.41) is 3.04. The van der Waals surface area contributed by atoms with Crippen LogP contribution >= 0.6 is 0 Å². The zero-order valence-corrected chi connectivity index (χ0v) is 37.2. The second kappa shape index (κ2) is 25.7. The minimum Gasteiger partial charge on any atom is -0.464 e. The monoisotopic (exact) mass is 845 g/mol. The van der Waals surface area contributed by atoms with E-state index in [-0.39, 0.29) is 39.5 Å². The lowest BCUT2D eigenvalue weighted by Crippen LogP contribution is -2.59. The molecule has 0 aliphatic rings. The fourth-order valence-corrected chi connectivity index (χ4v) is 10.1. The first-order valence-corrected chi connectivity index (χ1v) is 24.2. The van der Waals surface area contributed by atoms with Gasteiger partial charge in [0.1, 0.15) is 18.2 Å². The molecule has 0 unspecified atom stereocenters. The Labute approximate surface area is 363 Å². The topological polar surface area (TPSA) is 102 Å². The molecule has 5 aromatic carbocycles. The fraction of sp³-hybridized carbons (Fsp3) is 0.373. The lowest BCUT2D eigenvalue weighted by Gasteiger charge is -2.41. The Morgan fingerprint density at radius 1 is 0.525 bits per heavy atom. The van der Waals surface area contributed by atoms with E-state index in [1.807, 2.05) is 152 Å². The summed E-state index contributed by atoms with van der Waals surface area (Å²) in [6, 6.07) is 50.6. The van der Waals surface area contributed by atoms with Gasteiger partial charge in [-0.1, -0.05) is 172 Å². The molecule has 0 saturated carbocycles. The van der Waals surface area contributed by atoms with Gasteiger partial charge in [0.25, 0.3) is 5.91 Å². The van der Waals surface area contributed by atoms with Crippen LogP contribution in [0.5, 0.6) is 0 Å². The third-order valence-corrected chi connectivity index (χ3v) is 15.7. The van der Waals surface area contributed by atoms with E-state index in [1.54, 1.807) is 6.92 Å². The molecule has 0 radical (unpaired) electrons. The average Bonchev–Trinajstić information content (AvgIpc) is 3.31. The van der Waals surface area contributed by atoms with Crippen LogP contribution in [0.1, 0.15) is 55.5 Å². The van der Waals surface area contributed by atoms with Crippen molar-refractivity contribution in [2.45, 2.75) is 109 Å². The molecule has 10 heteroatoms. The van der Waals surface area contributed by atoms with Gasteiger partial charge in [0.2, 0.25) is 0 Å². The van der Waals surface area contributed by atoms with E-state index in [0.717, 1.165) is 45.9 Å². The third-order valence-electron chi connectivity index (χ3n) is 11.0. The maximum absolute atomic E-state index is 15.1. The number of benzene rings is 5. The van der Waals surface area contributed by atoms with Gasteiger partial charge < -0.3 is 33.4 Å². The first-order valence-electron chi connectivity index (χ1n) is 21.6. The van der Waals surface area contributed by atoms with Gasteiger partial charge in [0.05, 0.1) is 45.7 Å². The summed E-state index contributed by atoms with van der Waals surface area (Å²) in [6.07, 6.45) is -3.65. The zero-order valence-electron chi connectivity index (χ0n) is 36.2. The summed E-state index contributed by atoms with van der Waals surface area (Å²) in [5.41, 5.74) is 4.61. The highest BCUT2D eigenvalue weighted by Gasteiger charge is 2.45. The van der Waals surface area contributed by atoms with E-state index in [0.29, 0.717) is 6.61 Å². The van der Waals surface area contributed by atoms with Crippen LogP contribution in [-0.4, -0.2) is 63.9 Å². The van der Waals surface area contributed by atoms with Gasteiger partial charge in [-0.05, 0) is 52.9 Å². The summed E-state index contributed by atoms with van der Waals surface area (Å²) in [4.78, 5) is 28.7. The zero-order chi connectivity index (χ0) is 43.1. The predicted octanol–water partition coefficient (Wildman–Crippen LogP) is 9.64. The first-order chi connectivity index (χ1) is 29.9. The summed E-state index contributed by atoms with van der Waals surface area (Å²) in [6.45, 7) is 9.44. The maximum atomic E-state index is 15.1. The summed E-state index contributed by atoms with van der Waals surface area (Å²) >= 11 is 0. The van der Waals surface area contributed by atoms with E-state index in [4.69, 9.17) is 28.1 Å². The van der Waals surface area contributed by atoms with Crippen LogP contribution in [0.25, 0.3) is 0 Å². The third kappa shape index (κ3) is 15.2. The highest BCUT2D eigenvalue weighted by molar-refractivity contribution is 6.73. The molecular formula is C51H63NO8Si. The Morgan fingerprint density at radius 3 is 1.38 bits per heavy atom. The van der Waals surface area contributed by atoms with Crippen LogP contribution in [0.15, 0.2) is 152 Å². The lowest BCUT2D eigenvalue weighted by molar-refractivity contribution is -0.190. The molecule has 9 nitrogen and oxygen atoms in total. The van der Waals surface area contributed by atoms with Crippen LogP contribution in [0.4, 0.5) is 0 Å². The number of carbonyl (C=O) groups is 2. The Kier molecular flexibility index (Phi) is 19.9. The van der Waals surface area contributed by atoms with Crippen molar-refractivity contribution >= 4 is 20.2 Å². The molecule has 0 aromatic heterocycles. The Hall–Kier alpha value is -4.94. The van der Waals surface area contributed by atoms with Crippen molar-refractivity contribution < 1.29 is 37.7 Å². The van der Waals surface area contributed by atoms with E-state index in [9.17, 15) is 4.79 Å². The number of esters is 1. The number of nitrogens with one attached hydrogen (secondary N) is 1. The van der Waals surface area contributed by atoms with Gasteiger partial charge in [-0.25, -0.2) is 4.79 Å². The Bertz CT molecular complexity index is 1940. The molecule has 5 atom stereocenters. The number of rotatable bonds is 27. The Morgan fingerprint density at radius 2 is 0.934 bits per heavy atom. The highest BCUT2D eigenvalue weighted by Crippen LogP contribution is 2.30. The minimum absolute atomic E-state index is 0.0892. The van der Waals surface area contributed by atoms with Gasteiger partial charge in [-0.3, -0.25) is 4.79 Å². The van der Waals surface area contributed by atoms with Crippen molar-refractivity contribution in [2.24, 2.45) is 0 Å². The molecule has 1 N–H and O–H groups in total. The first kappa shape index (κ1) is 47.1. The van der Waals surface area contributed by atoms with Crippen LogP contribution in [0.3, 0.4) is 0 Å². The smallest absolute Gasteiger partial charge is 0.328 e. The standard InChI is InChI=1S/C51H63NO8Si/c1-5-56-51(54)45(34-40-24-14-9-15-25-40)52-50(53)49(59-38-44-32-22-13-23-33-44)48(58-37-43-30-20-12-21-31-43)47(57-36-42-28-18-11-19-29-42)46(60-61(6-2,7-3)8-4)39-55-35-41-26-16-10-17-27-41/h9-33,45-49H,5-8,34-39H2,1-4H3,(H,52,53)/t45-,46+,47+,48-,49+/m0/s1. The van der Waals surface area contributed by atoms with Crippen LogP contribution < -0.4 is 5.32 Å². The highest BCUT2D eigenvalue weighted by atomic mass is 28.4. The number of hydrogen-bond acceptors (Lipinski definition) is 8. The minimum atomic E-state index is -2.36. The quantitative estimate of drug-likeness (QED) is 0.0412. The largest absolute Gasteiger partial charge is 0.464 e. The van der Waals surface area contributed by atoms with Gasteiger partial charge in [-0.2, -0.15) is 0 Å². The molecule has 61 heavy (non-hydrogen) atoms. The molecule has 0 bridgehead atoms. The molecule has 0 spiro atoms. The van der Waals surface area contributed by atoms with Crippen molar-refractivity contribution in [1.82, 2.24) is 5.32 Å². The van der Waals surface area contributed by atoms with Crippen molar-refractivity contribution in [1.29, 1.82) is 0 Å². The average molecular weight is 846 g/mol. The van der Waals surface area contributed by atoms with E-state index >= 15 is 4.79 Å². The normalized spacial score (nSPS) is 14.0. The molecule has 0 aliphatic carbocycles. The number of amides is 1. The summed E-state index contributed by atoms with van der Waals surface area (Å²) in [7, 11) is -2.36. The number of ether oxygens (including phenoxy) is 5. The lowest BCUT2D eigenvalue weighted by atomic mass is 10.00. The van der Waals surface area contributed by atoms with Gasteiger partial charge in [-0.15, -0.1) is 0 Å². The van der Waals surface area contributed by atoms with E-state index < -0.39 is 50.7 Å². The second-order valence-electron chi connectivity index (χ2n) is 15.1. The maximum Gasteiger partial charge on any atom is 0.328 e. The molecule has 0 saturated heterocycles. The molecule has 0 heterocycles. The molecule has 324 valence electrons. The molecule has 5 aromatic rings. The Balaban J connectivity index is 1.62. The van der Waals surface area contributed by atoms with Crippen molar-refractivity contribution in [3.63, 3.8) is 0 Å². The second-order valence-corrected chi connectivity index (χ2v) is 19.9. The van der Waals surface area contributed by atoms with E-state index in [2.05, 4.69) is 26.1 Å². The van der Waals surface area contributed by atoms with Crippen LogP contribution in [0, 0.1) is 0 Å². The SMILES string of the molecule is CCOC(=O)[C@H](Cc1ccccc1)NC(=O)[C@H](OCc1ccccc1)[C@@H](OCc1ccccc1)[C@H](OCc1ccccc1)[C@@H](COCc1ccccc1)O[Si](CC)(CC)CC. The van der Waals surface area contributed by atoms with Crippen LogP contribution in [0.2, 0.25) is 18.1 Å². The molecule has 0 aliphatic heterocycles.